The van der Waals surface area contributed by atoms with Gasteiger partial charge in [0.2, 0.25) is 0 Å². The van der Waals surface area contributed by atoms with Crippen molar-refractivity contribution in [2.45, 2.75) is 39.0 Å². The van der Waals surface area contributed by atoms with Gasteiger partial charge in [0.25, 0.3) is 0 Å². The summed E-state index contributed by atoms with van der Waals surface area (Å²) in [7, 11) is 0. The number of aryl methyl sites for hydroxylation is 1. The van der Waals surface area contributed by atoms with Crippen LogP contribution in [0.2, 0.25) is 0 Å². The van der Waals surface area contributed by atoms with E-state index in [1.54, 1.807) is 12.4 Å². The molecule has 1 fully saturated rings. The van der Waals surface area contributed by atoms with Crippen molar-refractivity contribution in [3.05, 3.63) is 18.2 Å². The molecule has 1 aliphatic heterocycles. The second-order valence-corrected chi connectivity index (χ2v) is 4.25. The Kier molecular flexibility index (Phi) is 4.28. The van der Waals surface area contributed by atoms with Crippen LogP contribution in [0.4, 0.5) is 0 Å². The molecule has 1 aromatic heterocycles. The van der Waals surface area contributed by atoms with E-state index in [2.05, 4.69) is 4.98 Å². The van der Waals surface area contributed by atoms with E-state index in [1.807, 2.05) is 11.5 Å². The van der Waals surface area contributed by atoms with E-state index in [0.717, 1.165) is 31.7 Å². The molecule has 5 nitrogen and oxygen atoms in total. The third-order valence-corrected chi connectivity index (χ3v) is 2.84. The number of hydrogen-bond donors (Lipinski definition) is 0. The maximum Gasteiger partial charge on any atom is 0.178 e. The molecular weight excluding hydrogens is 220 g/mol. The highest BCUT2D eigenvalue weighted by atomic mass is 16.7. The van der Waals surface area contributed by atoms with Gasteiger partial charge in [-0.2, -0.15) is 0 Å². The lowest BCUT2D eigenvalue weighted by Gasteiger charge is -2.22. The van der Waals surface area contributed by atoms with Crippen molar-refractivity contribution in [1.29, 1.82) is 0 Å². The maximum absolute atomic E-state index is 11.7. The van der Waals surface area contributed by atoms with Crippen LogP contribution in [0.25, 0.3) is 0 Å². The Morgan fingerprint density at radius 2 is 2.53 bits per heavy atom. The first-order valence-corrected chi connectivity index (χ1v) is 5.98. The van der Waals surface area contributed by atoms with Gasteiger partial charge in [-0.15, -0.1) is 0 Å². The highest BCUT2D eigenvalue weighted by Gasteiger charge is 2.15. The molecule has 0 amide bonds. The van der Waals surface area contributed by atoms with Crippen LogP contribution in [0.3, 0.4) is 0 Å². The molecule has 94 valence electrons. The minimum absolute atomic E-state index is 0.0419. The standard InChI is InChI=1S/C12H18N2O3/c1-10-13-5-6-14(10)8-11(15)9-17-12-4-2-3-7-16-12/h5-6,12H,2-4,7-9H2,1H3. The summed E-state index contributed by atoms with van der Waals surface area (Å²) in [6.45, 7) is 3.04. The van der Waals surface area contributed by atoms with Gasteiger partial charge < -0.3 is 14.0 Å². The van der Waals surface area contributed by atoms with Crippen molar-refractivity contribution in [1.82, 2.24) is 9.55 Å². The number of ether oxygens (including phenoxy) is 2. The molecule has 0 aromatic carbocycles. The summed E-state index contributed by atoms with van der Waals surface area (Å²) in [5.74, 6) is 0.882. The fourth-order valence-electron chi connectivity index (χ4n) is 1.83. The summed E-state index contributed by atoms with van der Waals surface area (Å²) < 4.78 is 12.6. The van der Waals surface area contributed by atoms with Crippen LogP contribution in [-0.4, -0.2) is 34.8 Å². The van der Waals surface area contributed by atoms with Gasteiger partial charge in [0.15, 0.2) is 12.1 Å². The Morgan fingerprint density at radius 1 is 1.65 bits per heavy atom. The molecule has 2 heterocycles. The minimum Gasteiger partial charge on any atom is -0.353 e. The van der Waals surface area contributed by atoms with E-state index in [-0.39, 0.29) is 18.7 Å². The summed E-state index contributed by atoms with van der Waals surface area (Å²) in [6, 6.07) is 0. The lowest BCUT2D eigenvalue weighted by molar-refractivity contribution is -0.169. The highest BCUT2D eigenvalue weighted by molar-refractivity contribution is 5.79. The van der Waals surface area contributed by atoms with Crippen LogP contribution in [-0.2, 0) is 20.8 Å². The molecular formula is C12H18N2O3. The van der Waals surface area contributed by atoms with E-state index in [4.69, 9.17) is 9.47 Å². The molecule has 1 atom stereocenters. The zero-order valence-electron chi connectivity index (χ0n) is 10.1. The lowest BCUT2D eigenvalue weighted by Crippen LogP contribution is -2.26. The van der Waals surface area contributed by atoms with Gasteiger partial charge in [0.05, 0.1) is 6.54 Å². The molecule has 0 spiro atoms. The van der Waals surface area contributed by atoms with Crippen LogP contribution in [0.15, 0.2) is 12.4 Å². The third kappa shape index (κ3) is 3.64. The Hall–Kier alpha value is -1.20. The third-order valence-electron chi connectivity index (χ3n) is 2.84. The topological polar surface area (TPSA) is 53.4 Å². The van der Waals surface area contributed by atoms with Crippen molar-refractivity contribution in [2.24, 2.45) is 0 Å². The predicted octanol–water partition coefficient (Wildman–Crippen LogP) is 1.30. The second-order valence-electron chi connectivity index (χ2n) is 4.25. The fourth-order valence-corrected chi connectivity index (χ4v) is 1.83. The van der Waals surface area contributed by atoms with E-state index in [0.29, 0.717) is 6.54 Å². The summed E-state index contributed by atoms with van der Waals surface area (Å²) >= 11 is 0. The first kappa shape index (κ1) is 12.3. The normalized spacial score (nSPS) is 20.4. The number of aromatic nitrogens is 2. The van der Waals surface area contributed by atoms with Crippen molar-refractivity contribution < 1.29 is 14.3 Å². The van der Waals surface area contributed by atoms with Gasteiger partial charge in [0.1, 0.15) is 12.4 Å². The molecule has 1 saturated heterocycles. The number of hydrogen-bond acceptors (Lipinski definition) is 4. The van der Waals surface area contributed by atoms with Crippen LogP contribution in [0.1, 0.15) is 25.1 Å². The van der Waals surface area contributed by atoms with Gasteiger partial charge in [0, 0.05) is 19.0 Å². The Balaban J connectivity index is 1.72. The quantitative estimate of drug-likeness (QED) is 0.776. The number of carbonyl (C=O) groups is 1. The monoisotopic (exact) mass is 238 g/mol. The number of Topliss-reactive ketones (excluding diaryl/α,β-unsaturated/α-hetero) is 1. The summed E-state index contributed by atoms with van der Waals surface area (Å²) in [4.78, 5) is 15.7. The minimum atomic E-state index is -0.198. The molecule has 2 rings (SSSR count). The fraction of sp³-hybridized carbons (Fsp3) is 0.667. The maximum atomic E-state index is 11.7. The Labute approximate surface area is 101 Å². The van der Waals surface area contributed by atoms with E-state index in [9.17, 15) is 4.79 Å². The smallest absolute Gasteiger partial charge is 0.178 e. The van der Waals surface area contributed by atoms with Crippen LogP contribution in [0, 0.1) is 6.92 Å². The van der Waals surface area contributed by atoms with Gasteiger partial charge >= 0.3 is 0 Å². The lowest BCUT2D eigenvalue weighted by atomic mass is 10.2. The summed E-state index contributed by atoms with van der Waals surface area (Å²) in [5, 5.41) is 0. The molecule has 1 aliphatic rings. The number of rotatable bonds is 5. The number of imidazole rings is 1. The van der Waals surface area contributed by atoms with Crippen molar-refractivity contribution >= 4 is 5.78 Å². The van der Waals surface area contributed by atoms with Crippen LogP contribution < -0.4 is 0 Å². The van der Waals surface area contributed by atoms with E-state index >= 15 is 0 Å². The number of nitrogens with zero attached hydrogens (tertiary/aromatic N) is 2. The van der Waals surface area contributed by atoms with Gasteiger partial charge in [-0.3, -0.25) is 4.79 Å². The average molecular weight is 238 g/mol. The van der Waals surface area contributed by atoms with Crippen molar-refractivity contribution in [3.63, 3.8) is 0 Å². The Morgan fingerprint density at radius 3 is 3.18 bits per heavy atom. The highest BCUT2D eigenvalue weighted by Crippen LogP contribution is 2.13. The number of carbonyl (C=O) groups excluding carboxylic acids is 1. The van der Waals surface area contributed by atoms with Crippen LogP contribution in [0.5, 0.6) is 0 Å². The van der Waals surface area contributed by atoms with Gasteiger partial charge in [-0.25, -0.2) is 4.98 Å². The zero-order chi connectivity index (χ0) is 12.1. The van der Waals surface area contributed by atoms with E-state index in [1.165, 1.54) is 0 Å². The average Bonchev–Trinajstić information content (AvgIpc) is 2.74. The Bertz CT molecular complexity index is 370. The second kappa shape index (κ2) is 5.93. The molecule has 1 unspecified atom stereocenters. The number of ketones is 1. The molecule has 0 saturated carbocycles. The molecule has 0 radical (unpaired) electrons. The summed E-state index contributed by atoms with van der Waals surface area (Å²) in [6.07, 6.45) is 6.37. The van der Waals surface area contributed by atoms with Crippen molar-refractivity contribution in [2.75, 3.05) is 13.2 Å². The molecule has 0 bridgehead atoms. The van der Waals surface area contributed by atoms with Gasteiger partial charge in [-0.1, -0.05) is 0 Å². The molecule has 17 heavy (non-hydrogen) atoms. The van der Waals surface area contributed by atoms with Gasteiger partial charge in [-0.05, 0) is 26.2 Å². The SMILES string of the molecule is Cc1nccn1CC(=O)COC1CCCCO1. The first-order chi connectivity index (χ1) is 8.25. The zero-order valence-corrected chi connectivity index (χ0v) is 10.1. The summed E-state index contributed by atoms with van der Waals surface area (Å²) in [5.41, 5.74) is 0. The van der Waals surface area contributed by atoms with Crippen molar-refractivity contribution in [3.8, 4) is 0 Å². The predicted molar refractivity (Wildman–Crippen MR) is 61.5 cm³/mol. The molecule has 5 heteroatoms. The molecule has 1 aromatic rings. The largest absolute Gasteiger partial charge is 0.353 e. The van der Waals surface area contributed by atoms with Crippen LogP contribution >= 0.6 is 0 Å². The molecule has 0 aliphatic carbocycles. The first-order valence-electron chi connectivity index (χ1n) is 5.98. The molecule has 0 N–H and O–H groups in total. The van der Waals surface area contributed by atoms with E-state index < -0.39 is 0 Å².